The monoisotopic (exact) mass is 483 g/mol. The number of aryl methyl sites for hydroxylation is 2. The van der Waals surface area contributed by atoms with Gasteiger partial charge in [-0.2, -0.15) is 0 Å². The Balaban J connectivity index is 1.28. The number of benzene rings is 2. The van der Waals surface area contributed by atoms with Gasteiger partial charge in [0.15, 0.2) is 0 Å². The predicted octanol–water partition coefficient (Wildman–Crippen LogP) is 4.88. The van der Waals surface area contributed by atoms with Crippen LogP contribution < -0.4 is 10.6 Å². The van der Waals surface area contributed by atoms with Crippen LogP contribution in [0.15, 0.2) is 54.6 Å². The Hall–Kier alpha value is -4.07. The zero-order valence-electron chi connectivity index (χ0n) is 20.5. The number of carbonyl (C=O) groups excluding carboxylic acids is 3. The number of nitrogens with zero attached hydrogens (tertiary/aromatic N) is 3. The lowest BCUT2D eigenvalue weighted by molar-refractivity contribution is -0.122. The highest BCUT2D eigenvalue weighted by Crippen LogP contribution is 2.34. The molecule has 2 aliphatic rings. The summed E-state index contributed by atoms with van der Waals surface area (Å²) in [5.41, 5.74) is 4.06. The molecular weight excluding hydrogens is 454 g/mol. The fourth-order valence-electron chi connectivity index (χ4n) is 5.23. The summed E-state index contributed by atoms with van der Waals surface area (Å²) in [6.07, 6.45) is 3.46. The van der Waals surface area contributed by atoms with Crippen LogP contribution in [0.5, 0.6) is 0 Å². The van der Waals surface area contributed by atoms with Crippen LogP contribution in [0.3, 0.4) is 0 Å². The van der Waals surface area contributed by atoms with Gasteiger partial charge >= 0.3 is 0 Å². The fourth-order valence-corrected chi connectivity index (χ4v) is 5.23. The molecule has 1 aliphatic carbocycles. The maximum atomic E-state index is 13.3. The highest BCUT2D eigenvalue weighted by molar-refractivity contribution is 6.21. The Morgan fingerprint density at radius 2 is 1.53 bits per heavy atom. The van der Waals surface area contributed by atoms with E-state index in [1.165, 1.54) is 4.90 Å². The Kier molecular flexibility index (Phi) is 6.50. The molecule has 2 unspecified atom stereocenters. The molecule has 0 saturated heterocycles. The van der Waals surface area contributed by atoms with Crippen molar-refractivity contribution in [3.63, 3.8) is 0 Å². The van der Waals surface area contributed by atoms with E-state index >= 15 is 0 Å². The van der Waals surface area contributed by atoms with E-state index in [2.05, 4.69) is 20.6 Å². The predicted molar refractivity (Wildman–Crippen MR) is 137 cm³/mol. The van der Waals surface area contributed by atoms with Crippen molar-refractivity contribution < 1.29 is 14.4 Å². The summed E-state index contributed by atoms with van der Waals surface area (Å²) in [6.45, 7) is 4.09. The Morgan fingerprint density at radius 3 is 2.22 bits per heavy atom. The minimum atomic E-state index is -0.276. The third kappa shape index (κ3) is 4.84. The van der Waals surface area contributed by atoms with Crippen LogP contribution in [0.2, 0.25) is 0 Å². The molecule has 2 N–H and O–H groups in total. The Bertz CT molecular complexity index is 1280. The Labute approximate surface area is 210 Å². The third-order valence-corrected chi connectivity index (χ3v) is 6.91. The first-order valence-electron chi connectivity index (χ1n) is 12.3. The van der Waals surface area contributed by atoms with Crippen molar-refractivity contribution in [1.82, 2.24) is 14.9 Å². The molecule has 8 nitrogen and oxygen atoms in total. The quantitative estimate of drug-likeness (QED) is 0.485. The second-order valence-corrected chi connectivity index (χ2v) is 9.59. The molecule has 0 spiro atoms. The van der Waals surface area contributed by atoms with Gasteiger partial charge in [-0.15, -0.1) is 0 Å². The fraction of sp³-hybridized carbons (Fsp3) is 0.321. The van der Waals surface area contributed by atoms with Gasteiger partial charge in [-0.25, -0.2) is 9.97 Å². The summed E-state index contributed by atoms with van der Waals surface area (Å²) < 4.78 is 0. The first kappa shape index (κ1) is 23.7. The molecule has 5 rings (SSSR count). The molecule has 184 valence electrons. The summed E-state index contributed by atoms with van der Waals surface area (Å²) in [5, 5.41) is 6.25. The molecular formula is C28H29N5O3. The van der Waals surface area contributed by atoms with E-state index in [0.29, 0.717) is 22.8 Å². The maximum absolute atomic E-state index is 13.3. The number of imide groups is 1. The van der Waals surface area contributed by atoms with E-state index in [1.807, 2.05) is 44.2 Å². The SMILES string of the molecule is Cc1cc(C)nc(Nc2cccc(NC(=O)C3CCCCC3CN3C(=O)c4ccccc4C3=O)c2)n1. The molecule has 8 heteroatoms. The van der Waals surface area contributed by atoms with E-state index in [-0.39, 0.29) is 36.1 Å². The molecule has 0 bridgehead atoms. The zero-order chi connectivity index (χ0) is 25.2. The summed E-state index contributed by atoms with van der Waals surface area (Å²) in [7, 11) is 0. The first-order chi connectivity index (χ1) is 17.4. The average Bonchev–Trinajstić information content (AvgIpc) is 3.09. The van der Waals surface area contributed by atoms with E-state index < -0.39 is 0 Å². The van der Waals surface area contributed by atoms with Crippen molar-refractivity contribution in [2.24, 2.45) is 11.8 Å². The topological polar surface area (TPSA) is 104 Å². The number of aromatic nitrogens is 2. The van der Waals surface area contributed by atoms with E-state index in [4.69, 9.17) is 0 Å². The molecule has 36 heavy (non-hydrogen) atoms. The number of carbonyl (C=O) groups is 3. The summed E-state index contributed by atoms with van der Waals surface area (Å²) >= 11 is 0. The van der Waals surface area contributed by atoms with Gasteiger partial charge in [0.25, 0.3) is 11.8 Å². The molecule has 1 aromatic heterocycles. The van der Waals surface area contributed by atoms with E-state index in [1.54, 1.807) is 24.3 Å². The molecule has 3 amide bonds. The molecule has 1 fully saturated rings. The van der Waals surface area contributed by atoms with E-state index in [9.17, 15) is 14.4 Å². The first-order valence-corrected chi connectivity index (χ1v) is 12.3. The minimum Gasteiger partial charge on any atom is -0.326 e. The normalized spacial score (nSPS) is 19.2. The van der Waals surface area contributed by atoms with E-state index in [0.717, 1.165) is 42.8 Å². The van der Waals surface area contributed by atoms with Gasteiger partial charge in [-0.05, 0) is 69.0 Å². The number of nitrogens with one attached hydrogen (secondary N) is 2. The van der Waals surface area contributed by atoms with Crippen molar-refractivity contribution in [3.05, 3.63) is 77.1 Å². The van der Waals surface area contributed by atoms with Crippen LogP contribution in [0.25, 0.3) is 0 Å². The number of amides is 3. The van der Waals surface area contributed by atoms with Crippen LogP contribution in [-0.2, 0) is 4.79 Å². The van der Waals surface area contributed by atoms with Crippen LogP contribution in [-0.4, -0.2) is 39.1 Å². The lowest BCUT2D eigenvalue weighted by atomic mass is 9.78. The van der Waals surface area contributed by atoms with Crippen LogP contribution in [0.1, 0.15) is 57.8 Å². The number of hydrogen-bond donors (Lipinski definition) is 2. The summed E-state index contributed by atoms with van der Waals surface area (Å²) in [6, 6.07) is 16.2. The van der Waals surface area contributed by atoms with Gasteiger partial charge < -0.3 is 10.6 Å². The van der Waals surface area contributed by atoms with Crippen LogP contribution in [0, 0.1) is 25.7 Å². The number of anilines is 3. The van der Waals surface area contributed by atoms with Gasteiger partial charge in [0, 0.05) is 35.2 Å². The maximum Gasteiger partial charge on any atom is 0.261 e. The largest absolute Gasteiger partial charge is 0.326 e. The van der Waals surface area contributed by atoms with Crippen molar-refractivity contribution in [1.29, 1.82) is 0 Å². The highest BCUT2D eigenvalue weighted by atomic mass is 16.2. The third-order valence-electron chi connectivity index (χ3n) is 6.91. The van der Waals surface area contributed by atoms with Gasteiger partial charge in [0.05, 0.1) is 11.1 Å². The number of fused-ring (bicyclic) bond motifs is 1. The lowest BCUT2D eigenvalue weighted by Crippen LogP contribution is -2.41. The van der Waals surface area contributed by atoms with Crippen molar-refractivity contribution in [3.8, 4) is 0 Å². The zero-order valence-corrected chi connectivity index (χ0v) is 20.5. The smallest absolute Gasteiger partial charge is 0.261 e. The Morgan fingerprint density at radius 1 is 0.889 bits per heavy atom. The van der Waals surface area contributed by atoms with Gasteiger partial charge in [-0.1, -0.05) is 31.0 Å². The number of rotatable bonds is 6. The molecule has 2 heterocycles. The van der Waals surface area contributed by atoms with Crippen LogP contribution >= 0.6 is 0 Å². The van der Waals surface area contributed by atoms with Crippen molar-refractivity contribution >= 4 is 35.0 Å². The second-order valence-electron chi connectivity index (χ2n) is 9.59. The standard InChI is InChI=1S/C28H29N5O3/c1-17-14-18(2)30-28(29-17)32-21-10-7-9-20(15-21)31-25(34)22-11-4-3-8-19(22)16-33-26(35)23-12-5-6-13-24(23)27(33)36/h5-7,9-10,12-15,19,22H,3-4,8,11,16H2,1-2H3,(H,31,34)(H,29,30,32). The second kappa shape index (κ2) is 9.89. The minimum absolute atomic E-state index is 0.0778. The molecule has 1 saturated carbocycles. The van der Waals surface area contributed by atoms with Crippen molar-refractivity contribution in [2.45, 2.75) is 39.5 Å². The molecule has 1 aliphatic heterocycles. The number of hydrogen-bond acceptors (Lipinski definition) is 6. The van der Waals surface area contributed by atoms with Gasteiger partial charge in [0.2, 0.25) is 11.9 Å². The summed E-state index contributed by atoms with van der Waals surface area (Å²) in [5.74, 6) is -0.478. The molecule has 0 radical (unpaired) electrons. The van der Waals surface area contributed by atoms with Crippen molar-refractivity contribution in [2.75, 3.05) is 17.2 Å². The van der Waals surface area contributed by atoms with Crippen LogP contribution in [0.4, 0.5) is 17.3 Å². The molecule has 2 atom stereocenters. The van der Waals surface area contributed by atoms with Gasteiger partial charge in [-0.3, -0.25) is 19.3 Å². The summed E-state index contributed by atoms with van der Waals surface area (Å²) in [4.78, 5) is 49.2. The average molecular weight is 484 g/mol. The lowest BCUT2D eigenvalue weighted by Gasteiger charge is -2.32. The molecule has 2 aromatic carbocycles. The van der Waals surface area contributed by atoms with Gasteiger partial charge in [0.1, 0.15) is 0 Å². The molecule has 3 aromatic rings. The highest BCUT2D eigenvalue weighted by Gasteiger charge is 2.40.